The van der Waals surface area contributed by atoms with E-state index in [1.54, 1.807) is 38.1 Å². The van der Waals surface area contributed by atoms with Crippen LogP contribution in [0.3, 0.4) is 0 Å². The fourth-order valence-electron chi connectivity index (χ4n) is 4.13. The SMILES string of the molecule is CCOC(=O)c1ccc(-c2cc(B3OC(C)(C)C(C)(C)O3)cc(-c3ccc(C(=O)OCC)cc3)c2)cc1. The number of ether oxygens (including phenoxy) is 2. The number of hydrogen-bond donors (Lipinski definition) is 0. The van der Waals surface area contributed by atoms with E-state index in [9.17, 15) is 9.59 Å². The van der Waals surface area contributed by atoms with Crippen LogP contribution < -0.4 is 5.46 Å². The standard InChI is InChI=1S/C30H33BO6/c1-7-34-27(32)22-13-9-20(10-14-22)24-17-25(21-11-15-23(16-12-21)28(33)35-8-2)19-26(18-24)31-36-29(3,4)30(5,6)37-31/h9-19H,7-8H2,1-6H3. The van der Waals surface area contributed by atoms with Crippen LogP contribution in [0.4, 0.5) is 0 Å². The minimum absolute atomic E-state index is 0.328. The topological polar surface area (TPSA) is 71.1 Å². The van der Waals surface area contributed by atoms with Crippen molar-refractivity contribution in [2.24, 2.45) is 0 Å². The van der Waals surface area contributed by atoms with Crippen molar-refractivity contribution in [3.63, 3.8) is 0 Å². The lowest BCUT2D eigenvalue weighted by molar-refractivity contribution is 0.00578. The van der Waals surface area contributed by atoms with Gasteiger partial charge in [-0.2, -0.15) is 0 Å². The van der Waals surface area contributed by atoms with Gasteiger partial charge >= 0.3 is 19.1 Å². The molecule has 37 heavy (non-hydrogen) atoms. The summed E-state index contributed by atoms with van der Waals surface area (Å²) in [6.45, 7) is 12.3. The summed E-state index contributed by atoms with van der Waals surface area (Å²) in [5.41, 5.74) is 4.72. The molecular weight excluding hydrogens is 467 g/mol. The third-order valence-electron chi connectivity index (χ3n) is 6.94. The van der Waals surface area contributed by atoms with E-state index in [0.29, 0.717) is 24.3 Å². The molecule has 0 bridgehead atoms. The highest BCUT2D eigenvalue weighted by Gasteiger charge is 2.51. The van der Waals surface area contributed by atoms with Crippen LogP contribution in [0.15, 0.2) is 66.7 Å². The van der Waals surface area contributed by atoms with E-state index in [4.69, 9.17) is 18.8 Å². The Kier molecular flexibility index (Phi) is 7.58. The second-order valence-corrected chi connectivity index (χ2v) is 10.0. The first-order valence-corrected chi connectivity index (χ1v) is 12.6. The van der Waals surface area contributed by atoms with E-state index in [1.807, 2.05) is 52.0 Å². The molecule has 3 aromatic carbocycles. The molecule has 1 fully saturated rings. The van der Waals surface area contributed by atoms with Crippen LogP contribution in [0.25, 0.3) is 22.3 Å². The van der Waals surface area contributed by atoms with Crippen molar-refractivity contribution in [1.29, 1.82) is 0 Å². The summed E-state index contributed by atoms with van der Waals surface area (Å²) in [4.78, 5) is 24.2. The summed E-state index contributed by atoms with van der Waals surface area (Å²) < 4.78 is 22.9. The van der Waals surface area contributed by atoms with Crippen molar-refractivity contribution in [2.75, 3.05) is 13.2 Å². The molecule has 1 heterocycles. The van der Waals surface area contributed by atoms with Crippen molar-refractivity contribution < 1.29 is 28.4 Å². The van der Waals surface area contributed by atoms with Gasteiger partial charge in [-0.1, -0.05) is 36.4 Å². The van der Waals surface area contributed by atoms with E-state index in [2.05, 4.69) is 18.2 Å². The predicted molar refractivity (Wildman–Crippen MR) is 145 cm³/mol. The van der Waals surface area contributed by atoms with E-state index >= 15 is 0 Å². The molecule has 0 unspecified atom stereocenters. The molecule has 1 aliphatic heterocycles. The summed E-state index contributed by atoms with van der Waals surface area (Å²) in [6.07, 6.45) is 0. The zero-order valence-electron chi connectivity index (χ0n) is 22.3. The molecule has 7 heteroatoms. The summed E-state index contributed by atoms with van der Waals surface area (Å²) >= 11 is 0. The Balaban J connectivity index is 1.75. The van der Waals surface area contributed by atoms with Gasteiger partial charge in [0.1, 0.15) is 0 Å². The van der Waals surface area contributed by atoms with Gasteiger partial charge in [-0.15, -0.1) is 0 Å². The molecule has 1 aliphatic rings. The first-order chi connectivity index (χ1) is 17.5. The molecule has 1 saturated heterocycles. The highest BCUT2D eigenvalue weighted by Crippen LogP contribution is 2.37. The van der Waals surface area contributed by atoms with E-state index < -0.39 is 18.3 Å². The second-order valence-electron chi connectivity index (χ2n) is 10.0. The molecule has 6 nitrogen and oxygen atoms in total. The van der Waals surface area contributed by atoms with Crippen molar-refractivity contribution in [1.82, 2.24) is 0 Å². The van der Waals surface area contributed by atoms with Crippen LogP contribution in [-0.4, -0.2) is 43.5 Å². The van der Waals surface area contributed by atoms with Gasteiger partial charge in [0.2, 0.25) is 0 Å². The maximum Gasteiger partial charge on any atom is 0.494 e. The van der Waals surface area contributed by atoms with Gasteiger partial charge in [0.25, 0.3) is 0 Å². The van der Waals surface area contributed by atoms with Crippen LogP contribution >= 0.6 is 0 Å². The van der Waals surface area contributed by atoms with E-state index in [0.717, 1.165) is 27.7 Å². The molecule has 0 amide bonds. The molecule has 0 atom stereocenters. The Bertz CT molecular complexity index is 1180. The number of carbonyl (C=O) groups is 2. The molecule has 0 aliphatic carbocycles. The van der Waals surface area contributed by atoms with Gasteiger partial charge in [-0.05, 0) is 99.6 Å². The summed E-state index contributed by atoms with van der Waals surface area (Å²) in [5.74, 6) is -0.690. The smallest absolute Gasteiger partial charge is 0.462 e. The number of benzene rings is 3. The summed E-state index contributed by atoms with van der Waals surface area (Å²) in [6, 6.07) is 20.9. The number of hydrogen-bond acceptors (Lipinski definition) is 6. The van der Waals surface area contributed by atoms with Gasteiger partial charge in [0, 0.05) is 0 Å². The molecule has 0 saturated carbocycles. The molecule has 0 radical (unpaired) electrons. The zero-order chi connectivity index (χ0) is 26.8. The number of esters is 2. The molecule has 3 aromatic rings. The van der Waals surface area contributed by atoms with Gasteiger partial charge in [0.05, 0.1) is 35.5 Å². The fourth-order valence-corrected chi connectivity index (χ4v) is 4.13. The van der Waals surface area contributed by atoms with Crippen molar-refractivity contribution >= 4 is 24.5 Å². The Hall–Kier alpha value is -3.42. The molecule has 0 N–H and O–H groups in total. The quantitative estimate of drug-likeness (QED) is 0.308. The van der Waals surface area contributed by atoms with Crippen molar-refractivity contribution in [3.8, 4) is 22.3 Å². The fraction of sp³-hybridized carbons (Fsp3) is 0.333. The highest BCUT2D eigenvalue weighted by atomic mass is 16.7. The van der Waals surface area contributed by atoms with Crippen LogP contribution in [0.2, 0.25) is 0 Å². The maximum atomic E-state index is 12.1. The average molecular weight is 500 g/mol. The van der Waals surface area contributed by atoms with Gasteiger partial charge < -0.3 is 18.8 Å². The molecule has 0 spiro atoms. The second kappa shape index (κ2) is 10.5. The normalized spacial score (nSPS) is 15.9. The third kappa shape index (κ3) is 5.63. The Morgan fingerprint density at radius 2 is 1.03 bits per heavy atom. The van der Waals surface area contributed by atoms with Crippen LogP contribution in [0.1, 0.15) is 62.3 Å². The minimum Gasteiger partial charge on any atom is -0.462 e. The van der Waals surface area contributed by atoms with Crippen LogP contribution in [-0.2, 0) is 18.8 Å². The number of rotatable bonds is 7. The van der Waals surface area contributed by atoms with E-state index in [1.165, 1.54) is 0 Å². The monoisotopic (exact) mass is 500 g/mol. The van der Waals surface area contributed by atoms with Gasteiger partial charge in [-0.25, -0.2) is 9.59 Å². The van der Waals surface area contributed by atoms with Crippen LogP contribution in [0.5, 0.6) is 0 Å². The third-order valence-corrected chi connectivity index (χ3v) is 6.94. The Labute approximate surface area is 219 Å². The summed E-state index contributed by atoms with van der Waals surface area (Å²) in [5, 5.41) is 0. The number of carbonyl (C=O) groups excluding carboxylic acids is 2. The van der Waals surface area contributed by atoms with Crippen molar-refractivity contribution in [2.45, 2.75) is 52.7 Å². The Morgan fingerprint density at radius 3 is 1.38 bits per heavy atom. The molecule has 192 valence electrons. The minimum atomic E-state index is -0.540. The van der Waals surface area contributed by atoms with Gasteiger partial charge in [0.15, 0.2) is 0 Å². The molecular formula is C30H33BO6. The Morgan fingerprint density at radius 1 is 0.649 bits per heavy atom. The highest BCUT2D eigenvalue weighted by molar-refractivity contribution is 6.62. The first kappa shape index (κ1) is 26.6. The van der Waals surface area contributed by atoms with E-state index in [-0.39, 0.29) is 11.9 Å². The van der Waals surface area contributed by atoms with Crippen molar-refractivity contribution in [3.05, 3.63) is 77.9 Å². The lowest BCUT2D eigenvalue weighted by atomic mass is 9.76. The predicted octanol–water partition coefficient (Wildman–Crippen LogP) is 5.67. The lowest BCUT2D eigenvalue weighted by Crippen LogP contribution is -2.41. The zero-order valence-corrected chi connectivity index (χ0v) is 22.3. The molecule has 4 rings (SSSR count). The van der Waals surface area contributed by atoms with Gasteiger partial charge in [-0.3, -0.25) is 0 Å². The largest absolute Gasteiger partial charge is 0.494 e. The maximum absolute atomic E-state index is 12.1. The lowest BCUT2D eigenvalue weighted by Gasteiger charge is -2.32. The average Bonchev–Trinajstić information content (AvgIpc) is 3.11. The molecule has 0 aromatic heterocycles. The first-order valence-electron chi connectivity index (χ1n) is 12.6. The summed E-state index contributed by atoms with van der Waals surface area (Å²) in [7, 11) is -0.540. The van der Waals surface area contributed by atoms with Crippen LogP contribution in [0, 0.1) is 0 Å².